The summed E-state index contributed by atoms with van der Waals surface area (Å²) in [5, 5.41) is 13.0. The quantitative estimate of drug-likeness (QED) is 0.179. The van der Waals surface area contributed by atoms with Gasteiger partial charge in [0, 0.05) is 48.5 Å². The molecule has 0 unspecified atom stereocenters. The highest BCUT2D eigenvalue weighted by molar-refractivity contribution is 6.35. The van der Waals surface area contributed by atoms with Gasteiger partial charge in [-0.2, -0.15) is 4.98 Å². The molecule has 0 atom stereocenters. The Morgan fingerprint density at radius 2 is 0.982 bits per heavy atom. The van der Waals surface area contributed by atoms with E-state index >= 15 is 0 Å². The van der Waals surface area contributed by atoms with Crippen molar-refractivity contribution in [3.8, 4) is 11.8 Å². The van der Waals surface area contributed by atoms with Crippen LogP contribution in [0.25, 0.3) is 126 Å². The summed E-state index contributed by atoms with van der Waals surface area (Å²) in [7, 11) is 0. The first kappa shape index (κ1) is 28.8. The van der Waals surface area contributed by atoms with Gasteiger partial charge in [0.05, 0.1) is 38.6 Å². The molecule has 0 bridgehead atoms. The summed E-state index contributed by atoms with van der Waals surface area (Å²) in [5.74, 6) is 1.31. The van der Waals surface area contributed by atoms with Gasteiger partial charge in [-0.15, -0.1) is 0 Å². The highest BCUT2D eigenvalue weighted by Gasteiger charge is 2.27. The number of rotatable bonds is 2. The van der Waals surface area contributed by atoms with E-state index in [0.29, 0.717) is 17.3 Å². The molecular weight excluding hydrogens is 687 g/mol. The van der Waals surface area contributed by atoms with Gasteiger partial charge < -0.3 is 8.82 Å². The minimum absolute atomic E-state index is 0.596. The van der Waals surface area contributed by atoms with Crippen LogP contribution < -0.4 is 0 Å². The molecule has 0 N–H and O–H groups in total. The molecule has 6 aromatic heterocycles. The first-order chi connectivity index (χ1) is 27.8. The number of benzene rings is 8. The molecule has 6 heterocycles. The second kappa shape index (κ2) is 10.1. The van der Waals surface area contributed by atoms with Crippen molar-refractivity contribution in [1.29, 1.82) is 0 Å². The molecular formula is C50H27N5O. The van der Waals surface area contributed by atoms with E-state index in [9.17, 15) is 0 Å². The van der Waals surface area contributed by atoms with Crippen LogP contribution in [0.2, 0.25) is 0 Å². The monoisotopic (exact) mass is 713 g/mol. The van der Waals surface area contributed by atoms with E-state index in [2.05, 4.69) is 165 Å². The van der Waals surface area contributed by atoms with E-state index in [-0.39, 0.29) is 0 Å². The summed E-state index contributed by atoms with van der Waals surface area (Å²) in [4.78, 5) is 11.1. The largest absolute Gasteiger partial charge is 0.450 e. The number of hydrogen-bond acceptors (Lipinski definition) is 3. The zero-order valence-electron chi connectivity index (χ0n) is 29.7. The summed E-state index contributed by atoms with van der Waals surface area (Å²) >= 11 is 0. The van der Waals surface area contributed by atoms with Crippen molar-refractivity contribution >= 4 is 115 Å². The Morgan fingerprint density at radius 1 is 0.393 bits per heavy atom. The van der Waals surface area contributed by atoms with Gasteiger partial charge in [0.25, 0.3) is 0 Å². The van der Waals surface area contributed by atoms with E-state index in [4.69, 9.17) is 14.4 Å². The number of nitrogens with zero attached hydrogens (tertiary/aromatic N) is 5. The standard InChI is InChI=1S/C50H27N5O/c1-2-14-29-28(13-1)25-26-40-43(29)31-16-4-10-22-38(31)54(40)49-48-46(34-19-7-12-24-42(34)56-48)51-50(52-49)55-39-23-11-5-17-32(39)44-41(55)27-35-30-15-3-8-20-36(30)53-37-21-9-6-18-33(37)45(44)47(35)53/h1-27H. The average Bonchev–Trinajstić information content (AvgIpc) is 4.05. The zero-order chi connectivity index (χ0) is 36.2. The van der Waals surface area contributed by atoms with E-state index in [1.54, 1.807) is 0 Å². The maximum Gasteiger partial charge on any atom is 0.237 e. The molecule has 0 aliphatic rings. The molecule has 56 heavy (non-hydrogen) atoms. The maximum atomic E-state index is 6.76. The molecule has 6 heteroatoms. The first-order valence-corrected chi connectivity index (χ1v) is 19.0. The van der Waals surface area contributed by atoms with Crippen LogP contribution in [0.15, 0.2) is 168 Å². The summed E-state index contributed by atoms with van der Waals surface area (Å²) in [6.45, 7) is 0. The van der Waals surface area contributed by atoms with Crippen molar-refractivity contribution in [3.05, 3.63) is 164 Å². The lowest BCUT2D eigenvalue weighted by Crippen LogP contribution is -2.06. The van der Waals surface area contributed by atoms with Gasteiger partial charge >= 0.3 is 0 Å². The molecule has 0 aliphatic carbocycles. The molecule has 0 aliphatic heterocycles. The third-order valence-electron chi connectivity index (χ3n) is 12.2. The van der Waals surface area contributed by atoms with Gasteiger partial charge in [-0.05, 0) is 59.3 Å². The van der Waals surface area contributed by atoms with Gasteiger partial charge in [-0.3, -0.25) is 9.13 Å². The Hall–Kier alpha value is -7.70. The van der Waals surface area contributed by atoms with Crippen LogP contribution in [0.1, 0.15) is 0 Å². The van der Waals surface area contributed by atoms with Gasteiger partial charge in [0.1, 0.15) is 11.1 Å². The topological polar surface area (TPSA) is 53.2 Å². The van der Waals surface area contributed by atoms with Crippen molar-refractivity contribution in [2.75, 3.05) is 0 Å². The summed E-state index contributed by atoms with van der Waals surface area (Å²) < 4.78 is 13.8. The Balaban J connectivity index is 1.20. The Kier molecular flexibility index (Phi) is 5.18. The van der Waals surface area contributed by atoms with Crippen LogP contribution >= 0.6 is 0 Å². The zero-order valence-corrected chi connectivity index (χ0v) is 29.7. The fourth-order valence-electron chi connectivity index (χ4n) is 9.96. The second-order valence-corrected chi connectivity index (χ2v) is 14.9. The third-order valence-corrected chi connectivity index (χ3v) is 12.2. The van der Waals surface area contributed by atoms with Crippen LogP contribution in [-0.4, -0.2) is 23.5 Å². The normalized spacial score (nSPS) is 12.6. The van der Waals surface area contributed by atoms with E-state index in [0.717, 1.165) is 38.6 Å². The van der Waals surface area contributed by atoms with Crippen molar-refractivity contribution < 1.29 is 4.42 Å². The van der Waals surface area contributed by atoms with Crippen LogP contribution in [0.5, 0.6) is 0 Å². The molecule has 0 radical (unpaired) electrons. The Bertz CT molecular complexity index is 4010. The summed E-state index contributed by atoms with van der Waals surface area (Å²) in [5.41, 5.74) is 10.1. The van der Waals surface area contributed by atoms with Crippen LogP contribution in [0, 0.1) is 0 Å². The number of hydrogen-bond donors (Lipinski definition) is 0. The number of furan rings is 1. The molecule has 0 spiro atoms. The molecule has 0 saturated carbocycles. The minimum Gasteiger partial charge on any atom is -0.450 e. The molecule has 14 rings (SSSR count). The molecule has 14 aromatic rings. The SMILES string of the molecule is c1ccc2c(c1)ccc1c2c2ccccc2n1-c1nc(-n2c3ccccc3c3c4c5ccccc5n5c6ccccc6c(cc32)c45)nc2c1oc1ccccc12. The highest BCUT2D eigenvalue weighted by atomic mass is 16.3. The Labute approximate surface area is 317 Å². The lowest BCUT2D eigenvalue weighted by Gasteiger charge is -2.12. The van der Waals surface area contributed by atoms with E-state index in [1.807, 2.05) is 12.1 Å². The molecule has 0 fully saturated rings. The van der Waals surface area contributed by atoms with E-state index in [1.165, 1.54) is 70.4 Å². The van der Waals surface area contributed by atoms with Gasteiger partial charge in [-0.25, -0.2) is 4.98 Å². The van der Waals surface area contributed by atoms with Crippen molar-refractivity contribution in [1.82, 2.24) is 23.5 Å². The predicted octanol–water partition coefficient (Wildman–Crippen LogP) is 12.9. The highest BCUT2D eigenvalue weighted by Crippen LogP contribution is 2.47. The van der Waals surface area contributed by atoms with Crippen molar-refractivity contribution in [2.45, 2.75) is 0 Å². The lowest BCUT2D eigenvalue weighted by atomic mass is 10.0. The predicted molar refractivity (Wildman–Crippen MR) is 230 cm³/mol. The van der Waals surface area contributed by atoms with Crippen LogP contribution in [0.3, 0.4) is 0 Å². The number of fused-ring (bicyclic) bond motifs is 18. The van der Waals surface area contributed by atoms with Crippen molar-refractivity contribution in [3.63, 3.8) is 0 Å². The first-order valence-electron chi connectivity index (χ1n) is 19.0. The van der Waals surface area contributed by atoms with Crippen molar-refractivity contribution in [2.24, 2.45) is 0 Å². The summed E-state index contributed by atoms with van der Waals surface area (Å²) in [6, 6.07) is 58.5. The van der Waals surface area contributed by atoms with Gasteiger partial charge in [-0.1, -0.05) is 115 Å². The van der Waals surface area contributed by atoms with Gasteiger partial charge in [0.15, 0.2) is 11.4 Å². The van der Waals surface area contributed by atoms with Gasteiger partial charge in [0.2, 0.25) is 5.95 Å². The van der Waals surface area contributed by atoms with E-state index < -0.39 is 0 Å². The fourth-order valence-corrected chi connectivity index (χ4v) is 9.96. The Morgan fingerprint density at radius 3 is 1.77 bits per heavy atom. The maximum absolute atomic E-state index is 6.76. The smallest absolute Gasteiger partial charge is 0.237 e. The average molecular weight is 714 g/mol. The van der Waals surface area contributed by atoms with Crippen LogP contribution in [-0.2, 0) is 0 Å². The molecule has 258 valence electrons. The summed E-state index contributed by atoms with van der Waals surface area (Å²) in [6.07, 6.45) is 0. The fraction of sp³-hybridized carbons (Fsp3) is 0. The third kappa shape index (κ3) is 3.39. The minimum atomic E-state index is 0.596. The van der Waals surface area contributed by atoms with Crippen LogP contribution in [0.4, 0.5) is 0 Å². The second-order valence-electron chi connectivity index (χ2n) is 14.9. The molecule has 6 nitrogen and oxygen atoms in total. The molecule has 8 aromatic carbocycles. The molecule has 0 saturated heterocycles. The molecule has 0 amide bonds. The number of aromatic nitrogens is 5. The number of para-hydroxylation sites is 5. The lowest BCUT2D eigenvalue weighted by molar-refractivity contribution is 0.661.